The zero-order valence-corrected chi connectivity index (χ0v) is 17.3. The van der Waals surface area contributed by atoms with Crippen LogP contribution < -0.4 is 4.74 Å². The van der Waals surface area contributed by atoms with Gasteiger partial charge in [-0.05, 0) is 76.1 Å². The quantitative estimate of drug-likeness (QED) is 0.613. The Morgan fingerprint density at radius 1 is 1.25 bits per heavy atom. The molecule has 0 radical (unpaired) electrons. The number of methoxy groups -OCH3 is 1. The van der Waals surface area contributed by atoms with Gasteiger partial charge in [0.05, 0.1) is 18.0 Å². The van der Waals surface area contributed by atoms with Gasteiger partial charge in [0, 0.05) is 30.2 Å². The zero-order valence-electron chi connectivity index (χ0n) is 15.7. The van der Waals surface area contributed by atoms with E-state index in [4.69, 9.17) is 4.74 Å². The summed E-state index contributed by atoms with van der Waals surface area (Å²) < 4.78 is 19.1. The Morgan fingerprint density at radius 2 is 2.04 bits per heavy atom. The number of amides is 1. The van der Waals surface area contributed by atoms with Gasteiger partial charge in [0.2, 0.25) is 5.91 Å². The fourth-order valence-corrected chi connectivity index (χ4v) is 4.39. The molecule has 1 aliphatic rings. The molecule has 4 nitrogen and oxygen atoms in total. The van der Waals surface area contributed by atoms with Gasteiger partial charge in [-0.25, -0.2) is 4.39 Å². The molecule has 0 spiro atoms. The fraction of sp³-hybridized carbons (Fsp3) is 0.318. The standard InChI is InChI=1S/C22H22BrFN2O2/c1-28-16-3-5-21-17(12-16)18(13-25-21)15-6-8-26(9-7-15)22(27)11-14-2-4-20(24)19(23)10-14/h2-5,10,12-13,15,25H,6-9,11H2,1H3. The number of aromatic amines is 1. The maximum Gasteiger partial charge on any atom is 0.226 e. The molecule has 1 fully saturated rings. The molecule has 0 unspecified atom stereocenters. The SMILES string of the molecule is COc1ccc2[nH]cc(C3CCN(C(=O)Cc4ccc(F)c(Br)c4)CC3)c2c1. The molecule has 3 aromatic rings. The Hall–Kier alpha value is -2.34. The number of carbonyl (C=O) groups excluding carboxylic acids is 1. The molecule has 1 amide bonds. The second-order valence-electron chi connectivity index (χ2n) is 7.24. The molecule has 146 valence electrons. The number of ether oxygens (including phenoxy) is 1. The molecule has 0 atom stereocenters. The Kier molecular flexibility index (Phi) is 5.40. The first-order valence-electron chi connectivity index (χ1n) is 9.42. The van der Waals surface area contributed by atoms with Gasteiger partial charge in [0.1, 0.15) is 11.6 Å². The number of fused-ring (bicyclic) bond motifs is 1. The summed E-state index contributed by atoms with van der Waals surface area (Å²) in [4.78, 5) is 17.9. The second kappa shape index (κ2) is 7.95. The normalized spacial score (nSPS) is 15.2. The van der Waals surface area contributed by atoms with E-state index in [0.29, 0.717) is 16.8 Å². The lowest BCUT2D eigenvalue weighted by atomic mass is 9.89. The van der Waals surface area contributed by atoms with Gasteiger partial charge in [-0.15, -0.1) is 0 Å². The molecule has 2 heterocycles. The largest absolute Gasteiger partial charge is 0.497 e. The molecular formula is C22H22BrFN2O2. The number of nitrogens with zero attached hydrogens (tertiary/aromatic N) is 1. The number of hydrogen-bond donors (Lipinski definition) is 1. The van der Waals surface area contributed by atoms with Gasteiger partial charge in [-0.3, -0.25) is 4.79 Å². The van der Waals surface area contributed by atoms with Crippen molar-refractivity contribution in [3.05, 3.63) is 64.0 Å². The van der Waals surface area contributed by atoms with Crippen molar-refractivity contribution >= 4 is 32.7 Å². The monoisotopic (exact) mass is 444 g/mol. The first kappa shape index (κ1) is 19.0. The number of H-pyrrole nitrogens is 1. The van der Waals surface area contributed by atoms with Crippen molar-refractivity contribution in [2.45, 2.75) is 25.2 Å². The van der Waals surface area contributed by atoms with Crippen molar-refractivity contribution in [3.63, 3.8) is 0 Å². The van der Waals surface area contributed by atoms with Crippen molar-refractivity contribution in [2.75, 3.05) is 20.2 Å². The predicted octanol–water partition coefficient (Wildman–Crippen LogP) is 5.03. The minimum absolute atomic E-state index is 0.0950. The highest BCUT2D eigenvalue weighted by molar-refractivity contribution is 9.10. The molecule has 1 aromatic heterocycles. The van der Waals surface area contributed by atoms with Gasteiger partial charge in [-0.2, -0.15) is 0 Å². The number of carbonyl (C=O) groups is 1. The first-order valence-corrected chi connectivity index (χ1v) is 10.2. The smallest absolute Gasteiger partial charge is 0.226 e. The molecule has 0 bridgehead atoms. The summed E-state index contributed by atoms with van der Waals surface area (Å²) in [7, 11) is 1.68. The maximum atomic E-state index is 13.4. The van der Waals surface area contributed by atoms with Crippen LogP contribution in [0.3, 0.4) is 0 Å². The highest BCUT2D eigenvalue weighted by atomic mass is 79.9. The topological polar surface area (TPSA) is 45.3 Å². The Labute approximate surface area is 171 Å². The minimum atomic E-state index is -0.313. The molecule has 1 N–H and O–H groups in total. The lowest BCUT2D eigenvalue weighted by molar-refractivity contribution is -0.131. The predicted molar refractivity (Wildman–Crippen MR) is 111 cm³/mol. The van der Waals surface area contributed by atoms with Crippen LogP contribution in [-0.2, 0) is 11.2 Å². The highest BCUT2D eigenvalue weighted by Crippen LogP contribution is 2.34. The van der Waals surface area contributed by atoms with Crippen molar-refractivity contribution in [3.8, 4) is 5.75 Å². The number of piperidine rings is 1. The van der Waals surface area contributed by atoms with Crippen LogP contribution >= 0.6 is 15.9 Å². The van der Waals surface area contributed by atoms with Crippen LogP contribution in [0, 0.1) is 5.82 Å². The van der Waals surface area contributed by atoms with E-state index in [1.165, 1.54) is 17.0 Å². The van der Waals surface area contributed by atoms with Crippen molar-refractivity contribution < 1.29 is 13.9 Å². The van der Waals surface area contributed by atoms with Crippen LogP contribution in [0.4, 0.5) is 4.39 Å². The average molecular weight is 445 g/mol. The van der Waals surface area contributed by atoms with E-state index in [9.17, 15) is 9.18 Å². The summed E-state index contributed by atoms with van der Waals surface area (Å²) in [6, 6.07) is 10.8. The molecule has 6 heteroatoms. The first-order chi connectivity index (χ1) is 13.5. The Bertz CT molecular complexity index is 1010. The molecule has 1 aliphatic heterocycles. The lowest BCUT2D eigenvalue weighted by Gasteiger charge is -2.32. The van der Waals surface area contributed by atoms with Crippen LogP contribution in [0.1, 0.15) is 29.9 Å². The third-order valence-corrected chi connectivity index (χ3v) is 6.16. The summed E-state index contributed by atoms with van der Waals surface area (Å²) in [6.07, 6.45) is 4.25. The van der Waals surface area contributed by atoms with E-state index in [2.05, 4.69) is 33.2 Å². The molecular weight excluding hydrogens is 423 g/mol. The summed E-state index contributed by atoms with van der Waals surface area (Å²) in [5.41, 5.74) is 3.23. The molecule has 1 saturated heterocycles. The van der Waals surface area contributed by atoms with Gasteiger partial charge >= 0.3 is 0 Å². The van der Waals surface area contributed by atoms with Gasteiger partial charge in [-0.1, -0.05) is 6.07 Å². The lowest BCUT2D eigenvalue weighted by Crippen LogP contribution is -2.38. The van der Waals surface area contributed by atoms with E-state index in [0.717, 1.165) is 42.8 Å². The number of rotatable bonds is 4. The third kappa shape index (κ3) is 3.78. The highest BCUT2D eigenvalue weighted by Gasteiger charge is 2.25. The second-order valence-corrected chi connectivity index (χ2v) is 8.09. The summed E-state index contributed by atoms with van der Waals surface area (Å²) >= 11 is 3.18. The van der Waals surface area contributed by atoms with E-state index in [1.54, 1.807) is 19.2 Å². The zero-order chi connectivity index (χ0) is 19.7. The van der Waals surface area contributed by atoms with Gasteiger partial charge < -0.3 is 14.6 Å². The molecule has 2 aromatic carbocycles. The van der Waals surface area contributed by atoms with Crippen LogP contribution in [0.15, 0.2) is 47.1 Å². The fourth-order valence-electron chi connectivity index (χ4n) is 3.96. The summed E-state index contributed by atoms with van der Waals surface area (Å²) in [5, 5.41) is 1.19. The van der Waals surface area contributed by atoms with Crippen LogP contribution in [0.25, 0.3) is 10.9 Å². The van der Waals surface area contributed by atoms with Crippen LogP contribution in [0.5, 0.6) is 5.75 Å². The third-order valence-electron chi connectivity index (χ3n) is 5.55. The van der Waals surface area contributed by atoms with Gasteiger partial charge in [0.25, 0.3) is 0 Å². The number of benzene rings is 2. The van der Waals surface area contributed by atoms with Crippen molar-refractivity contribution in [1.82, 2.24) is 9.88 Å². The van der Waals surface area contributed by atoms with Crippen molar-refractivity contribution in [2.24, 2.45) is 0 Å². The summed E-state index contributed by atoms with van der Waals surface area (Å²) in [6.45, 7) is 1.48. The summed E-state index contributed by atoms with van der Waals surface area (Å²) in [5.74, 6) is 1.06. The number of halogens is 2. The van der Waals surface area contributed by atoms with E-state index in [-0.39, 0.29) is 11.7 Å². The van der Waals surface area contributed by atoms with Crippen LogP contribution in [-0.4, -0.2) is 36.0 Å². The van der Waals surface area contributed by atoms with E-state index in [1.807, 2.05) is 17.0 Å². The number of hydrogen-bond acceptors (Lipinski definition) is 2. The number of nitrogens with one attached hydrogen (secondary N) is 1. The molecule has 0 saturated carbocycles. The van der Waals surface area contributed by atoms with E-state index < -0.39 is 0 Å². The van der Waals surface area contributed by atoms with Crippen LogP contribution in [0.2, 0.25) is 0 Å². The molecule has 4 rings (SSSR count). The average Bonchev–Trinajstić information content (AvgIpc) is 3.14. The number of aromatic nitrogens is 1. The molecule has 28 heavy (non-hydrogen) atoms. The van der Waals surface area contributed by atoms with E-state index >= 15 is 0 Å². The number of likely N-dealkylation sites (tertiary alicyclic amines) is 1. The van der Waals surface area contributed by atoms with Crippen molar-refractivity contribution in [1.29, 1.82) is 0 Å². The maximum absolute atomic E-state index is 13.4. The minimum Gasteiger partial charge on any atom is -0.497 e. The van der Waals surface area contributed by atoms with Gasteiger partial charge in [0.15, 0.2) is 0 Å². The Morgan fingerprint density at radius 3 is 2.75 bits per heavy atom. The Balaban J connectivity index is 1.41. The molecule has 0 aliphatic carbocycles.